The molecule has 0 aliphatic rings. The van der Waals surface area contributed by atoms with E-state index < -0.39 is 0 Å². The van der Waals surface area contributed by atoms with Crippen molar-refractivity contribution in [3.8, 4) is 0 Å². The summed E-state index contributed by atoms with van der Waals surface area (Å²) in [6.45, 7) is 20.4. The Balaban J connectivity index is -0.00000163. The first-order valence-electron chi connectivity index (χ1n) is 19.4. The summed E-state index contributed by atoms with van der Waals surface area (Å²) in [5.41, 5.74) is 5.85. The van der Waals surface area contributed by atoms with E-state index >= 15 is 0 Å². The molecule has 2 N–H and O–H groups in total. The van der Waals surface area contributed by atoms with Gasteiger partial charge in [0, 0.05) is 26.3 Å². The Kier molecular flexibility index (Phi) is 52.8. The van der Waals surface area contributed by atoms with Gasteiger partial charge in [-0.1, -0.05) is 143 Å². The van der Waals surface area contributed by atoms with Gasteiger partial charge in [-0.2, -0.15) is 12.8 Å². The second-order valence-corrected chi connectivity index (χ2v) is 12.7. The van der Waals surface area contributed by atoms with Crippen molar-refractivity contribution < 1.29 is 60.9 Å². The zero-order chi connectivity index (χ0) is 31.9. The van der Waals surface area contributed by atoms with Crippen LogP contribution in [0.5, 0.6) is 0 Å². The zero-order valence-electron chi connectivity index (χ0n) is 31.2. The van der Waals surface area contributed by atoms with Gasteiger partial charge >= 0.3 is 51.4 Å². The fourth-order valence-corrected chi connectivity index (χ4v) is 5.40. The first-order valence-corrected chi connectivity index (χ1v) is 19.4. The molecule has 0 spiro atoms. The van der Waals surface area contributed by atoms with Crippen LogP contribution in [-0.4, -0.2) is 50.6 Å². The van der Waals surface area contributed by atoms with E-state index in [9.17, 15) is 0 Å². The molecular formula is C39H82KN2O2-. The van der Waals surface area contributed by atoms with Gasteiger partial charge in [0.2, 0.25) is 0 Å². The molecule has 0 aliphatic heterocycles. The van der Waals surface area contributed by atoms with E-state index in [1.165, 1.54) is 167 Å². The predicted octanol–water partition coefficient (Wildman–Crippen LogP) is 8.86. The number of nitrogens with zero attached hydrogens (tertiary/aromatic N) is 1. The molecule has 0 radical (unpaired) electrons. The summed E-state index contributed by atoms with van der Waals surface area (Å²) in [5.74, 6) is 0. The van der Waals surface area contributed by atoms with E-state index in [1.54, 1.807) is 0 Å². The number of hydrogen-bond acceptors (Lipinski definition) is 4. The van der Waals surface area contributed by atoms with Crippen LogP contribution in [0, 0.1) is 13.8 Å². The molecule has 0 atom stereocenters. The SMILES string of the molecule is [CH2-]CCCCCCC.[CH2-]CCCCCCN(CCN)CCCCCC(OCCCCCCCC)OCCCCCCCC.[K+]. The minimum absolute atomic E-state index is 0. The number of hydrogen-bond donors (Lipinski definition) is 1. The van der Waals surface area contributed by atoms with Gasteiger partial charge in [-0.05, 0) is 51.6 Å². The Bertz CT molecular complexity index is 445. The third-order valence-corrected chi connectivity index (χ3v) is 8.29. The molecule has 44 heavy (non-hydrogen) atoms. The number of rotatable bonds is 35. The van der Waals surface area contributed by atoms with Crippen molar-refractivity contribution in [2.45, 2.75) is 200 Å². The van der Waals surface area contributed by atoms with Gasteiger partial charge in [0.05, 0.1) is 0 Å². The van der Waals surface area contributed by atoms with E-state index in [-0.39, 0.29) is 57.7 Å². The van der Waals surface area contributed by atoms with E-state index in [0.717, 1.165) is 45.6 Å². The summed E-state index contributed by atoms with van der Waals surface area (Å²) in [6.07, 6.45) is 34.7. The van der Waals surface area contributed by atoms with Crippen molar-refractivity contribution in [3.05, 3.63) is 13.8 Å². The molecule has 0 rings (SSSR count). The number of ether oxygens (including phenoxy) is 2. The van der Waals surface area contributed by atoms with Crippen LogP contribution in [-0.2, 0) is 9.47 Å². The summed E-state index contributed by atoms with van der Waals surface area (Å²) < 4.78 is 12.4. The van der Waals surface area contributed by atoms with E-state index in [2.05, 4.69) is 39.5 Å². The topological polar surface area (TPSA) is 47.7 Å². The molecular weight excluding hydrogens is 568 g/mol. The van der Waals surface area contributed by atoms with Crippen LogP contribution in [0.4, 0.5) is 0 Å². The van der Waals surface area contributed by atoms with Gasteiger partial charge in [0.25, 0.3) is 0 Å². The summed E-state index contributed by atoms with van der Waals surface area (Å²) in [6, 6.07) is 0. The monoisotopic (exact) mass is 650 g/mol. The molecule has 0 aromatic rings. The molecule has 0 aromatic carbocycles. The molecule has 0 aliphatic carbocycles. The molecule has 0 saturated heterocycles. The normalized spacial score (nSPS) is 11.2. The third-order valence-electron chi connectivity index (χ3n) is 8.29. The summed E-state index contributed by atoms with van der Waals surface area (Å²) in [5, 5.41) is 0. The fourth-order valence-electron chi connectivity index (χ4n) is 5.40. The first kappa shape index (κ1) is 49.9. The summed E-state index contributed by atoms with van der Waals surface area (Å²) in [7, 11) is 0. The van der Waals surface area contributed by atoms with Crippen LogP contribution < -0.4 is 57.1 Å². The van der Waals surface area contributed by atoms with Crippen molar-refractivity contribution in [3.63, 3.8) is 0 Å². The van der Waals surface area contributed by atoms with Crippen molar-refractivity contribution in [1.82, 2.24) is 4.90 Å². The van der Waals surface area contributed by atoms with E-state index in [4.69, 9.17) is 15.2 Å². The van der Waals surface area contributed by atoms with Gasteiger partial charge in [0.1, 0.15) is 0 Å². The van der Waals surface area contributed by atoms with E-state index in [0.29, 0.717) is 0 Å². The van der Waals surface area contributed by atoms with Crippen LogP contribution in [0.1, 0.15) is 194 Å². The van der Waals surface area contributed by atoms with Crippen LogP contribution in [0.3, 0.4) is 0 Å². The molecule has 0 heterocycles. The molecule has 0 fully saturated rings. The maximum Gasteiger partial charge on any atom is 1.00 e. The van der Waals surface area contributed by atoms with Crippen LogP contribution >= 0.6 is 0 Å². The van der Waals surface area contributed by atoms with Gasteiger partial charge in [0.15, 0.2) is 6.29 Å². The smallest absolute Gasteiger partial charge is 0.353 e. The minimum atomic E-state index is -0.00511. The predicted molar refractivity (Wildman–Crippen MR) is 194 cm³/mol. The molecule has 4 nitrogen and oxygen atoms in total. The molecule has 5 heteroatoms. The minimum Gasteiger partial charge on any atom is -0.353 e. The average molecular weight is 650 g/mol. The Hall–Kier alpha value is 1.48. The second kappa shape index (κ2) is 46.6. The third kappa shape index (κ3) is 43.5. The molecule has 0 unspecified atom stereocenters. The van der Waals surface area contributed by atoms with E-state index in [1.807, 2.05) is 0 Å². The Labute approximate surface area is 322 Å². The Morgan fingerprint density at radius 2 is 0.841 bits per heavy atom. The number of unbranched alkanes of at least 4 members (excludes halogenated alkanes) is 21. The molecule has 0 saturated carbocycles. The maximum atomic E-state index is 6.19. The van der Waals surface area contributed by atoms with Crippen molar-refractivity contribution in [1.29, 1.82) is 0 Å². The average Bonchev–Trinajstić information content (AvgIpc) is 3.01. The van der Waals surface area contributed by atoms with Crippen molar-refractivity contribution in [2.75, 3.05) is 39.4 Å². The molecule has 262 valence electrons. The fraction of sp³-hybridized carbons (Fsp3) is 0.949. The van der Waals surface area contributed by atoms with Gasteiger partial charge in [-0.25, -0.2) is 0 Å². The Morgan fingerprint density at radius 1 is 0.477 bits per heavy atom. The van der Waals surface area contributed by atoms with Gasteiger partial charge < -0.3 is 34.0 Å². The van der Waals surface area contributed by atoms with Gasteiger partial charge in [-0.3, -0.25) is 0 Å². The first-order chi connectivity index (χ1) is 21.2. The van der Waals surface area contributed by atoms with Crippen LogP contribution in [0.2, 0.25) is 0 Å². The van der Waals surface area contributed by atoms with Crippen molar-refractivity contribution >= 4 is 0 Å². The maximum absolute atomic E-state index is 6.19. The largest absolute Gasteiger partial charge is 1.00 e. The molecule has 0 aromatic heterocycles. The standard InChI is InChI=1S/C31H65N2O2.C8H17.K/c1-4-7-10-13-16-22-29-34-31(35-30-23-17-14-11-8-5-2)24-19-18-21-27-33(28-25-32)26-20-15-12-9-6-3;1-3-5-7-8-6-4-2;/h31H,3-30,32H2,1-2H3;1,3-8H2,2H3;/q2*-1;+1. The number of nitrogens with two attached hydrogens (primary N) is 1. The Morgan fingerprint density at radius 3 is 1.25 bits per heavy atom. The molecule has 0 bridgehead atoms. The van der Waals surface area contributed by atoms with Gasteiger partial charge in [-0.15, -0.1) is 0 Å². The quantitative estimate of drug-likeness (QED) is 0.0323. The van der Waals surface area contributed by atoms with Crippen LogP contribution in [0.25, 0.3) is 0 Å². The summed E-state index contributed by atoms with van der Waals surface area (Å²) in [4.78, 5) is 2.56. The second-order valence-electron chi connectivity index (χ2n) is 12.7. The zero-order valence-corrected chi connectivity index (χ0v) is 34.3. The van der Waals surface area contributed by atoms with Crippen LogP contribution in [0.15, 0.2) is 0 Å². The summed E-state index contributed by atoms with van der Waals surface area (Å²) >= 11 is 0. The van der Waals surface area contributed by atoms with Crippen molar-refractivity contribution in [2.24, 2.45) is 5.73 Å². The molecule has 0 amide bonds.